The lowest BCUT2D eigenvalue weighted by Gasteiger charge is -2.31. The monoisotopic (exact) mass is 920 g/mol. The van der Waals surface area contributed by atoms with Crippen molar-refractivity contribution in [1.82, 2.24) is 19.9 Å². The summed E-state index contributed by atoms with van der Waals surface area (Å²) in [4.78, 5) is 28.0. The number of nitrogens with zero attached hydrogens (tertiary/aromatic N) is 7. The summed E-state index contributed by atoms with van der Waals surface area (Å²) in [7, 11) is 0. The molecule has 4 heterocycles. The molecule has 7 aromatic rings. The highest BCUT2D eigenvalue weighted by atomic mass is 15.3. The van der Waals surface area contributed by atoms with Crippen LogP contribution in [0.4, 0.5) is 51.8 Å². The zero-order valence-electron chi connectivity index (χ0n) is 43.6. The minimum Gasteiger partial charge on any atom is -0.295 e. The number of rotatable bonds is 21. The maximum absolute atomic E-state index is 5.71. The Kier molecular flexibility index (Phi) is 17.1. The Bertz CT molecular complexity index is 2180. The first-order chi connectivity index (χ1) is 33.1. The van der Waals surface area contributed by atoms with Gasteiger partial charge in [-0.1, -0.05) is 138 Å². The number of hydrogen-bond acceptors (Lipinski definition) is 7. The first-order valence-electron chi connectivity index (χ1n) is 25.6. The van der Waals surface area contributed by atoms with Crippen LogP contribution in [0, 0.1) is 35.5 Å². The summed E-state index contributed by atoms with van der Waals surface area (Å²) in [6.45, 7) is 27.1. The third kappa shape index (κ3) is 13.9. The molecule has 0 saturated carbocycles. The SMILES string of the molecule is CC(C)Cc1ccc(N(c2cc(N(c3ccc(CC(C)C)cc3)c3ccc(CC(C)C)cn3)nc(N(c3ccc(CC(C)C)cc3)c3ccc(CC(C)C)cn3)c2)c2ccc(CC(C)C)cn2)cc1. The van der Waals surface area contributed by atoms with Gasteiger partial charge in [0.05, 0.1) is 5.69 Å². The summed E-state index contributed by atoms with van der Waals surface area (Å²) in [5, 5.41) is 0. The van der Waals surface area contributed by atoms with Gasteiger partial charge < -0.3 is 0 Å². The molecule has 0 aliphatic heterocycles. The first-order valence-corrected chi connectivity index (χ1v) is 25.6. The fourth-order valence-electron chi connectivity index (χ4n) is 9.20. The van der Waals surface area contributed by atoms with Crippen molar-refractivity contribution in [2.75, 3.05) is 14.7 Å². The average molecular weight is 920 g/mol. The van der Waals surface area contributed by atoms with Crippen LogP contribution in [-0.2, 0) is 38.5 Å². The van der Waals surface area contributed by atoms with Crippen LogP contribution in [0.15, 0.2) is 140 Å². The summed E-state index contributed by atoms with van der Waals surface area (Å²) < 4.78 is 0. The normalized spacial score (nSPS) is 11.7. The van der Waals surface area contributed by atoms with Crippen molar-refractivity contribution in [1.29, 1.82) is 0 Å². The van der Waals surface area contributed by atoms with Crippen LogP contribution in [0.5, 0.6) is 0 Å². The van der Waals surface area contributed by atoms with Crippen LogP contribution in [-0.4, -0.2) is 19.9 Å². The highest BCUT2D eigenvalue weighted by molar-refractivity contribution is 5.84. The Morgan fingerprint density at radius 3 is 0.783 bits per heavy atom. The molecule has 3 aromatic carbocycles. The number of hydrogen-bond donors (Lipinski definition) is 0. The maximum Gasteiger partial charge on any atom is 0.143 e. The Morgan fingerprint density at radius 2 is 0.522 bits per heavy atom. The summed E-state index contributed by atoms with van der Waals surface area (Å²) >= 11 is 0. The summed E-state index contributed by atoms with van der Waals surface area (Å²) in [5.74, 6) is 7.02. The largest absolute Gasteiger partial charge is 0.295 e. The molecule has 7 nitrogen and oxygen atoms in total. The van der Waals surface area contributed by atoms with Crippen LogP contribution in [0.2, 0.25) is 0 Å². The smallest absolute Gasteiger partial charge is 0.143 e. The fraction of sp³-hybridized carbons (Fsp3) is 0.387. The highest BCUT2D eigenvalue weighted by Gasteiger charge is 2.25. The average Bonchev–Trinajstić information content (AvgIpc) is 3.29. The molecule has 0 amide bonds. The van der Waals surface area contributed by atoms with Crippen molar-refractivity contribution in [2.24, 2.45) is 35.5 Å². The molecule has 0 bridgehead atoms. The number of pyridine rings is 4. The number of anilines is 9. The second-order valence-electron chi connectivity index (χ2n) is 21.7. The van der Waals surface area contributed by atoms with Gasteiger partial charge in [-0.3, -0.25) is 14.7 Å². The molecule has 0 spiro atoms. The van der Waals surface area contributed by atoms with Crippen molar-refractivity contribution in [2.45, 2.75) is 122 Å². The minimum absolute atomic E-state index is 0.514. The van der Waals surface area contributed by atoms with E-state index in [1.165, 1.54) is 33.4 Å². The third-order valence-electron chi connectivity index (χ3n) is 12.1. The van der Waals surface area contributed by atoms with E-state index in [2.05, 4.69) is 219 Å². The van der Waals surface area contributed by atoms with Gasteiger partial charge in [-0.15, -0.1) is 0 Å². The molecule has 0 radical (unpaired) electrons. The molecule has 0 saturated heterocycles. The standard InChI is InChI=1S/C62H77N7/c1-42(2)31-48-13-22-54(23-14-48)67(58-28-19-51(39-63-58)34-45(7)8)57-37-61(68(55-24-15-49(16-25-55)32-43(3)4)59-29-20-52(40-64-59)35-46(9)10)66-62(38-57)69(56-26-17-50(18-27-56)33-44(5)6)60-30-21-53(41-65-60)36-47(11)12/h13-30,37-47H,31-36H2,1-12H3. The van der Waals surface area contributed by atoms with Crippen LogP contribution < -0.4 is 14.7 Å². The molecule has 0 atom stereocenters. The van der Waals surface area contributed by atoms with E-state index < -0.39 is 0 Å². The van der Waals surface area contributed by atoms with E-state index in [9.17, 15) is 0 Å². The van der Waals surface area contributed by atoms with Crippen molar-refractivity contribution >= 4 is 51.8 Å². The maximum atomic E-state index is 5.71. The van der Waals surface area contributed by atoms with Gasteiger partial charge in [0, 0.05) is 47.8 Å². The van der Waals surface area contributed by atoms with E-state index in [4.69, 9.17) is 19.9 Å². The minimum atomic E-state index is 0.514. The fourth-order valence-corrected chi connectivity index (χ4v) is 9.20. The lowest BCUT2D eigenvalue weighted by atomic mass is 10.0. The van der Waals surface area contributed by atoms with Crippen molar-refractivity contribution < 1.29 is 0 Å². The molecule has 0 aliphatic rings. The predicted molar refractivity (Wildman–Crippen MR) is 293 cm³/mol. The van der Waals surface area contributed by atoms with Crippen LogP contribution >= 0.6 is 0 Å². The molecule has 4 aromatic heterocycles. The Morgan fingerprint density at radius 1 is 0.275 bits per heavy atom. The van der Waals surface area contributed by atoms with Crippen molar-refractivity contribution in [3.05, 3.63) is 173 Å². The summed E-state index contributed by atoms with van der Waals surface area (Å²) in [6.07, 6.45) is 12.0. The molecule has 0 N–H and O–H groups in total. The Labute approximate surface area is 415 Å². The molecule has 7 rings (SSSR count). The molecular weight excluding hydrogens is 843 g/mol. The highest BCUT2D eigenvalue weighted by Crippen LogP contribution is 2.43. The van der Waals surface area contributed by atoms with E-state index in [0.29, 0.717) is 35.5 Å². The topological polar surface area (TPSA) is 61.3 Å². The van der Waals surface area contributed by atoms with Gasteiger partial charge in [-0.2, -0.15) is 0 Å². The van der Waals surface area contributed by atoms with Crippen molar-refractivity contribution in [3.8, 4) is 0 Å². The van der Waals surface area contributed by atoms with Crippen LogP contribution in [0.1, 0.15) is 116 Å². The summed E-state index contributed by atoms with van der Waals surface area (Å²) in [5.41, 5.74) is 11.4. The predicted octanol–water partition coefficient (Wildman–Crippen LogP) is 16.9. The van der Waals surface area contributed by atoms with E-state index >= 15 is 0 Å². The van der Waals surface area contributed by atoms with E-state index in [0.717, 1.165) is 90.4 Å². The van der Waals surface area contributed by atoms with Gasteiger partial charge >= 0.3 is 0 Å². The molecular formula is C62H77N7. The van der Waals surface area contributed by atoms with Gasteiger partial charge in [0.15, 0.2) is 0 Å². The zero-order chi connectivity index (χ0) is 49.2. The van der Waals surface area contributed by atoms with Crippen LogP contribution in [0.3, 0.4) is 0 Å². The molecule has 360 valence electrons. The van der Waals surface area contributed by atoms with Gasteiger partial charge in [-0.25, -0.2) is 19.9 Å². The Balaban J connectivity index is 1.52. The van der Waals surface area contributed by atoms with Crippen LogP contribution in [0.25, 0.3) is 0 Å². The van der Waals surface area contributed by atoms with Gasteiger partial charge in [0.25, 0.3) is 0 Å². The molecule has 0 aliphatic carbocycles. The van der Waals surface area contributed by atoms with Gasteiger partial charge in [0.1, 0.15) is 29.1 Å². The quantitative estimate of drug-likeness (QED) is 0.0711. The Hall–Kier alpha value is -6.34. The van der Waals surface area contributed by atoms with E-state index in [1.54, 1.807) is 0 Å². The molecule has 0 fully saturated rings. The molecule has 7 heteroatoms. The lowest BCUT2D eigenvalue weighted by molar-refractivity contribution is 0.645. The molecule has 0 unspecified atom stereocenters. The molecule has 69 heavy (non-hydrogen) atoms. The summed E-state index contributed by atoms with van der Waals surface area (Å²) in [6, 6.07) is 44.4. The number of benzene rings is 3. The van der Waals surface area contributed by atoms with E-state index in [-0.39, 0.29) is 0 Å². The van der Waals surface area contributed by atoms with Crippen molar-refractivity contribution in [3.63, 3.8) is 0 Å². The second-order valence-corrected chi connectivity index (χ2v) is 21.7. The third-order valence-corrected chi connectivity index (χ3v) is 12.1. The second kappa shape index (κ2) is 23.3. The number of aromatic nitrogens is 4. The zero-order valence-corrected chi connectivity index (χ0v) is 43.6. The first kappa shape index (κ1) is 50.5. The lowest BCUT2D eigenvalue weighted by Crippen LogP contribution is -2.20. The van der Waals surface area contributed by atoms with Gasteiger partial charge in [0.2, 0.25) is 0 Å². The van der Waals surface area contributed by atoms with Gasteiger partial charge in [-0.05, 0) is 162 Å². The van der Waals surface area contributed by atoms with E-state index in [1.807, 2.05) is 18.6 Å².